The van der Waals surface area contributed by atoms with Gasteiger partial charge in [-0.05, 0) is 105 Å². The van der Waals surface area contributed by atoms with Crippen molar-refractivity contribution in [2.45, 2.75) is 26.7 Å². The van der Waals surface area contributed by atoms with E-state index in [9.17, 15) is 0 Å². The SMILES string of the molecule is CC=Cc1c(C)c2ccccc2c2cc(-c3nccc4c3sc3ccc(-n5c6ccccc6c6ccc7c(c65)C(C)c5ccccc5-7)cc34)ccc12. The number of fused-ring (bicyclic) bond motifs is 13. The Bertz CT molecular complexity index is 3170. The van der Waals surface area contributed by atoms with Gasteiger partial charge in [0, 0.05) is 49.6 Å². The van der Waals surface area contributed by atoms with Crippen LogP contribution in [0.4, 0.5) is 0 Å². The van der Waals surface area contributed by atoms with Gasteiger partial charge in [0.1, 0.15) is 0 Å². The highest BCUT2D eigenvalue weighted by molar-refractivity contribution is 7.26. The molecule has 0 spiro atoms. The van der Waals surface area contributed by atoms with Crippen LogP contribution in [-0.4, -0.2) is 9.55 Å². The Labute approximate surface area is 305 Å². The molecule has 1 aliphatic carbocycles. The highest BCUT2D eigenvalue weighted by Crippen LogP contribution is 2.50. The number of para-hydroxylation sites is 1. The van der Waals surface area contributed by atoms with Crippen LogP contribution in [0.25, 0.3) is 97.7 Å². The Kier molecular flexibility index (Phi) is 6.27. The molecule has 3 heterocycles. The summed E-state index contributed by atoms with van der Waals surface area (Å²) in [5.41, 5.74) is 14.1. The molecule has 11 rings (SSSR count). The van der Waals surface area contributed by atoms with E-state index in [1.807, 2.05) is 17.5 Å². The van der Waals surface area contributed by atoms with Crippen LogP contribution in [0.5, 0.6) is 0 Å². The Morgan fingerprint density at radius 1 is 0.654 bits per heavy atom. The third-order valence-electron chi connectivity index (χ3n) is 11.6. The topological polar surface area (TPSA) is 17.8 Å². The van der Waals surface area contributed by atoms with E-state index in [1.165, 1.54) is 103 Å². The van der Waals surface area contributed by atoms with Crippen molar-refractivity contribution in [1.82, 2.24) is 9.55 Å². The number of hydrogen-bond acceptors (Lipinski definition) is 2. The normalized spacial score (nSPS) is 14.2. The second-order valence-corrected chi connectivity index (χ2v) is 15.3. The predicted octanol–water partition coefficient (Wildman–Crippen LogP) is 14.0. The summed E-state index contributed by atoms with van der Waals surface area (Å²) < 4.78 is 5.03. The Morgan fingerprint density at radius 3 is 2.33 bits per heavy atom. The van der Waals surface area contributed by atoms with E-state index in [4.69, 9.17) is 4.98 Å². The standard InChI is InChI=1S/C49H34N2S/c1-4-11-32-28(2)33-12-5-8-15-36(33)42-26-30(18-20-37(32)42)47-49-41(24-25-50-47)43-27-31(19-23-45(43)52-49)51-44-17-10-9-16-38(44)40-22-21-39-35-14-7-6-13-34(35)29(3)46(39)48(40)51/h4-27,29H,1-3H3. The van der Waals surface area contributed by atoms with Crippen LogP contribution in [-0.2, 0) is 0 Å². The monoisotopic (exact) mass is 682 g/mol. The van der Waals surface area contributed by atoms with Crippen LogP contribution in [0, 0.1) is 6.92 Å². The fraction of sp³-hybridized carbons (Fsp3) is 0.0816. The first-order valence-electron chi connectivity index (χ1n) is 18.2. The van der Waals surface area contributed by atoms with E-state index in [0.717, 1.165) is 11.3 Å². The van der Waals surface area contributed by atoms with Gasteiger partial charge in [-0.3, -0.25) is 4.98 Å². The van der Waals surface area contributed by atoms with Crippen LogP contribution in [0.1, 0.15) is 42.0 Å². The number of rotatable bonds is 3. The van der Waals surface area contributed by atoms with Gasteiger partial charge in [-0.25, -0.2) is 0 Å². The van der Waals surface area contributed by atoms with Gasteiger partial charge in [-0.1, -0.05) is 110 Å². The first-order chi connectivity index (χ1) is 25.6. The second-order valence-electron chi connectivity index (χ2n) is 14.2. The highest BCUT2D eigenvalue weighted by atomic mass is 32.1. The molecule has 0 saturated carbocycles. The van der Waals surface area contributed by atoms with Crippen molar-refractivity contribution >= 4 is 80.9 Å². The van der Waals surface area contributed by atoms with Gasteiger partial charge in [0.25, 0.3) is 0 Å². The lowest BCUT2D eigenvalue weighted by Gasteiger charge is -2.14. The number of aromatic nitrogens is 2. The quantitative estimate of drug-likeness (QED) is 0.170. The summed E-state index contributed by atoms with van der Waals surface area (Å²) in [6.07, 6.45) is 6.38. The fourth-order valence-electron chi connectivity index (χ4n) is 9.26. The number of nitrogens with zero attached hydrogens (tertiary/aromatic N) is 2. The summed E-state index contributed by atoms with van der Waals surface area (Å²) in [7, 11) is 0. The molecule has 0 N–H and O–H groups in total. The molecule has 52 heavy (non-hydrogen) atoms. The zero-order valence-electron chi connectivity index (χ0n) is 29.2. The molecule has 10 aromatic rings. The second kappa shape index (κ2) is 11.0. The van der Waals surface area contributed by atoms with Gasteiger partial charge in [0.2, 0.25) is 0 Å². The van der Waals surface area contributed by atoms with Gasteiger partial charge in [-0.15, -0.1) is 11.3 Å². The van der Waals surface area contributed by atoms with Crippen molar-refractivity contribution in [2.24, 2.45) is 0 Å². The number of benzene rings is 7. The summed E-state index contributed by atoms with van der Waals surface area (Å²) in [5, 5.41) is 10.3. The Morgan fingerprint density at radius 2 is 1.44 bits per heavy atom. The minimum Gasteiger partial charge on any atom is -0.309 e. The van der Waals surface area contributed by atoms with E-state index in [2.05, 4.69) is 165 Å². The lowest BCUT2D eigenvalue weighted by molar-refractivity contribution is 0.957. The van der Waals surface area contributed by atoms with Gasteiger partial charge in [0.05, 0.1) is 21.4 Å². The molecule has 3 heteroatoms. The maximum atomic E-state index is 5.05. The molecule has 0 bridgehead atoms. The van der Waals surface area contributed by atoms with Crippen molar-refractivity contribution in [3.63, 3.8) is 0 Å². The summed E-state index contributed by atoms with van der Waals surface area (Å²) >= 11 is 1.85. The molecule has 7 aromatic carbocycles. The Balaban J connectivity index is 1.14. The molecule has 1 aliphatic rings. The van der Waals surface area contributed by atoms with E-state index in [1.54, 1.807) is 0 Å². The minimum absolute atomic E-state index is 0.314. The largest absolute Gasteiger partial charge is 0.309 e. The first kappa shape index (κ1) is 29.7. The van der Waals surface area contributed by atoms with E-state index in [-0.39, 0.29) is 0 Å². The first-order valence-corrected chi connectivity index (χ1v) is 19.0. The minimum atomic E-state index is 0.314. The third kappa shape index (κ3) is 3.97. The molecule has 0 radical (unpaired) electrons. The van der Waals surface area contributed by atoms with E-state index >= 15 is 0 Å². The molecule has 0 aliphatic heterocycles. The lowest BCUT2D eigenvalue weighted by Crippen LogP contribution is -1.99. The molecule has 3 aromatic heterocycles. The maximum Gasteiger partial charge on any atom is 0.0880 e. The molecular formula is C49H34N2S. The van der Waals surface area contributed by atoms with E-state index < -0.39 is 0 Å². The molecule has 246 valence electrons. The van der Waals surface area contributed by atoms with Crippen molar-refractivity contribution in [1.29, 1.82) is 0 Å². The molecule has 0 fully saturated rings. The summed E-state index contributed by atoms with van der Waals surface area (Å²) in [4.78, 5) is 5.05. The van der Waals surface area contributed by atoms with Crippen molar-refractivity contribution in [3.05, 3.63) is 162 Å². The van der Waals surface area contributed by atoms with Gasteiger partial charge in [-0.2, -0.15) is 0 Å². The number of hydrogen-bond donors (Lipinski definition) is 0. The zero-order valence-corrected chi connectivity index (χ0v) is 30.1. The van der Waals surface area contributed by atoms with Gasteiger partial charge >= 0.3 is 0 Å². The molecule has 0 saturated heterocycles. The third-order valence-corrected chi connectivity index (χ3v) is 12.8. The molecule has 1 unspecified atom stereocenters. The number of allylic oxidation sites excluding steroid dienone is 1. The van der Waals surface area contributed by atoms with Gasteiger partial charge < -0.3 is 4.57 Å². The summed E-state index contributed by atoms with van der Waals surface area (Å²) in [5.74, 6) is 0.314. The van der Waals surface area contributed by atoms with Crippen LogP contribution >= 0.6 is 11.3 Å². The fourth-order valence-corrected chi connectivity index (χ4v) is 10.4. The predicted molar refractivity (Wildman–Crippen MR) is 224 cm³/mol. The molecule has 0 amide bonds. The number of pyridine rings is 1. The number of aryl methyl sites for hydroxylation is 1. The summed E-state index contributed by atoms with van der Waals surface area (Å²) in [6, 6.07) is 47.5. The highest BCUT2D eigenvalue weighted by Gasteiger charge is 2.30. The van der Waals surface area contributed by atoms with Crippen LogP contribution in [0.2, 0.25) is 0 Å². The Hall–Kier alpha value is -6.03. The average Bonchev–Trinajstić information content (AvgIpc) is 3.83. The van der Waals surface area contributed by atoms with Crippen LogP contribution in [0.3, 0.4) is 0 Å². The molecule has 2 nitrogen and oxygen atoms in total. The van der Waals surface area contributed by atoms with Crippen LogP contribution in [0.15, 0.2) is 140 Å². The van der Waals surface area contributed by atoms with E-state index in [0.29, 0.717) is 5.92 Å². The molecule has 1 atom stereocenters. The zero-order chi connectivity index (χ0) is 34.7. The van der Waals surface area contributed by atoms with Gasteiger partial charge in [0.15, 0.2) is 0 Å². The molecular weight excluding hydrogens is 649 g/mol. The average molecular weight is 683 g/mol. The number of thiophene rings is 1. The van der Waals surface area contributed by atoms with Crippen molar-refractivity contribution in [3.8, 4) is 28.1 Å². The smallest absolute Gasteiger partial charge is 0.0880 e. The van der Waals surface area contributed by atoms with Crippen molar-refractivity contribution < 1.29 is 0 Å². The maximum absolute atomic E-state index is 5.05. The van der Waals surface area contributed by atoms with Crippen LogP contribution < -0.4 is 0 Å². The lowest BCUT2D eigenvalue weighted by atomic mass is 9.90. The summed E-state index contributed by atoms with van der Waals surface area (Å²) in [6.45, 7) is 6.71. The van der Waals surface area contributed by atoms with Crippen molar-refractivity contribution in [2.75, 3.05) is 0 Å².